The van der Waals surface area contributed by atoms with Gasteiger partial charge < -0.3 is 14.6 Å². The molecule has 150 valence electrons. The van der Waals surface area contributed by atoms with E-state index in [9.17, 15) is 4.79 Å². The Bertz CT molecular complexity index is 705. The van der Waals surface area contributed by atoms with E-state index in [4.69, 9.17) is 4.42 Å². The van der Waals surface area contributed by atoms with Crippen LogP contribution in [0, 0.1) is 12.8 Å². The summed E-state index contributed by atoms with van der Waals surface area (Å²) >= 11 is 0. The molecular weight excluding hydrogens is 385 g/mol. The van der Waals surface area contributed by atoms with Crippen molar-refractivity contribution in [2.24, 2.45) is 5.92 Å². The molecule has 0 spiro atoms. The minimum absolute atomic E-state index is 0. The fourth-order valence-electron chi connectivity index (χ4n) is 3.54. The zero-order valence-electron chi connectivity index (χ0n) is 15.9. The Morgan fingerprint density at radius 2 is 2.04 bits per heavy atom. The highest BCUT2D eigenvalue weighted by Gasteiger charge is 2.23. The number of piperidine rings is 1. The Hall–Kier alpha value is -1.56. The molecule has 1 atom stereocenters. The highest BCUT2D eigenvalue weighted by atomic mass is 35.5. The van der Waals surface area contributed by atoms with Crippen LogP contribution in [0.25, 0.3) is 11.3 Å². The molecule has 1 unspecified atom stereocenters. The van der Waals surface area contributed by atoms with Crippen LogP contribution in [0.5, 0.6) is 0 Å². The molecule has 27 heavy (non-hydrogen) atoms. The van der Waals surface area contributed by atoms with Gasteiger partial charge in [-0.2, -0.15) is 0 Å². The van der Waals surface area contributed by atoms with Gasteiger partial charge in [0, 0.05) is 31.5 Å². The number of nitrogens with one attached hydrogen (secondary N) is 1. The number of carbonyl (C=O) groups excluding carboxylic acids is 1. The molecule has 0 saturated carbocycles. The standard InChI is InChI=1S/C20H27N3O2.2ClH/c1-15-20(17-8-4-3-5-9-17)25-18(22-15)10-11-19(24)23-12-6-7-16(14-23)13-21-2;;/h3-5,8-9,16,21H,6-7,10-14H2,1-2H3;2*1H. The molecule has 2 heterocycles. The minimum Gasteiger partial charge on any atom is -0.440 e. The first-order valence-corrected chi connectivity index (χ1v) is 9.11. The number of hydrogen-bond donors (Lipinski definition) is 1. The van der Waals surface area contributed by atoms with Crippen molar-refractivity contribution in [2.75, 3.05) is 26.7 Å². The van der Waals surface area contributed by atoms with Gasteiger partial charge in [0.25, 0.3) is 0 Å². The number of aryl methyl sites for hydroxylation is 2. The van der Waals surface area contributed by atoms with E-state index in [-0.39, 0.29) is 30.7 Å². The first kappa shape index (κ1) is 23.5. The second-order valence-electron chi connectivity index (χ2n) is 6.79. The summed E-state index contributed by atoms with van der Waals surface area (Å²) in [5.41, 5.74) is 1.90. The molecule has 3 rings (SSSR count). The number of halogens is 2. The van der Waals surface area contributed by atoms with Gasteiger partial charge in [-0.3, -0.25) is 4.79 Å². The SMILES string of the molecule is CNCC1CCCN(C(=O)CCc2nc(C)c(-c3ccccc3)o2)C1.Cl.Cl. The minimum atomic E-state index is 0. The van der Waals surface area contributed by atoms with Crippen molar-refractivity contribution in [1.82, 2.24) is 15.2 Å². The molecule has 5 nitrogen and oxygen atoms in total. The van der Waals surface area contributed by atoms with E-state index in [2.05, 4.69) is 10.3 Å². The number of hydrogen-bond acceptors (Lipinski definition) is 4. The maximum atomic E-state index is 12.5. The van der Waals surface area contributed by atoms with Crippen LogP contribution in [-0.2, 0) is 11.2 Å². The van der Waals surface area contributed by atoms with Gasteiger partial charge in [-0.05, 0) is 39.3 Å². The van der Waals surface area contributed by atoms with E-state index >= 15 is 0 Å². The molecule has 1 aromatic carbocycles. The van der Waals surface area contributed by atoms with Crippen molar-refractivity contribution >= 4 is 30.7 Å². The van der Waals surface area contributed by atoms with E-state index in [0.717, 1.165) is 43.1 Å². The smallest absolute Gasteiger partial charge is 0.223 e. The highest BCUT2D eigenvalue weighted by Crippen LogP contribution is 2.25. The largest absolute Gasteiger partial charge is 0.440 e. The molecule has 0 aliphatic carbocycles. The topological polar surface area (TPSA) is 58.4 Å². The summed E-state index contributed by atoms with van der Waals surface area (Å²) in [6.07, 6.45) is 3.30. The molecule has 1 N–H and O–H groups in total. The van der Waals surface area contributed by atoms with Crippen molar-refractivity contribution in [3.05, 3.63) is 41.9 Å². The van der Waals surface area contributed by atoms with E-state index in [0.29, 0.717) is 24.7 Å². The van der Waals surface area contributed by atoms with Crippen molar-refractivity contribution in [2.45, 2.75) is 32.6 Å². The summed E-state index contributed by atoms with van der Waals surface area (Å²) in [7, 11) is 1.97. The van der Waals surface area contributed by atoms with Crippen molar-refractivity contribution in [3.8, 4) is 11.3 Å². The summed E-state index contributed by atoms with van der Waals surface area (Å²) in [5.74, 6) is 2.22. The van der Waals surface area contributed by atoms with Crippen molar-refractivity contribution < 1.29 is 9.21 Å². The predicted octanol–water partition coefficient (Wildman–Crippen LogP) is 3.88. The lowest BCUT2D eigenvalue weighted by Crippen LogP contribution is -2.42. The lowest BCUT2D eigenvalue weighted by Gasteiger charge is -2.32. The monoisotopic (exact) mass is 413 g/mol. The maximum absolute atomic E-state index is 12.5. The van der Waals surface area contributed by atoms with Crippen LogP contribution in [0.15, 0.2) is 34.7 Å². The molecule has 0 radical (unpaired) electrons. The van der Waals surface area contributed by atoms with Crippen LogP contribution in [0.3, 0.4) is 0 Å². The van der Waals surface area contributed by atoms with Crippen LogP contribution in [-0.4, -0.2) is 42.5 Å². The predicted molar refractivity (Wildman–Crippen MR) is 113 cm³/mol. The second kappa shape index (κ2) is 11.3. The Kier molecular flexibility index (Phi) is 9.84. The van der Waals surface area contributed by atoms with Gasteiger partial charge in [0.1, 0.15) is 0 Å². The van der Waals surface area contributed by atoms with Gasteiger partial charge in [-0.1, -0.05) is 30.3 Å². The molecule has 2 aromatic rings. The molecule has 1 amide bonds. The number of amides is 1. The zero-order valence-corrected chi connectivity index (χ0v) is 17.6. The Morgan fingerprint density at radius 1 is 1.30 bits per heavy atom. The van der Waals surface area contributed by atoms with Crippen LogP contribution >= 0.6 is 24.8 Å². The molecule has 1 aliphatic heterocycles. The zero-order chi connectivity index (χ0) is 17.6. The summed E-state index contributed by atoms with van der Waals surface area (Å²) in [6, 6.07) is 9.97. The van der Waals surface area contributed by atoms with Gasteiger partial charge in [0.2, 0.25) is 5.91 Å². The fraction of sp³-hybridized carbons (Fsp3) is 0.500. The number of rotatable bonds is 6. The van der Waals surface area contributed by atoms with Gasteiger partial charge in [0.15, 0.2) is 11.7 Å². The summed E-state index contributed by atoms with van der Waals surface area (Å²) < 4.78 is 5.91. The summed E-state index contributed by atoms with van der Waals surface area (Å²) in [5, 5.41) is 3.22. The van der Waals surface area contributed by atoms with Crippen LogP contribution in [0.2, 0.25) is 0 Å². The number of aromatic nitrogens is 1. The number of nitrogens with zero attached hydrogens (tertiary/aromatic N) is 2. The number of oxazole rings is 1. The number of carbonyl (C=O) groups is 1. The van der Waals surface area contributed by atoms with Crippen LogP contribution < -0.4 is 5.32 Å². The van der Waals surface area contributed by atoms with Gasteiger partial charge >= 0.3 is 0 Å². The summed E-state index contributed by atoms with van der Waals surface area (Å²) in [6.45, 7) is 4.66. The lowest BCUT2D eigenvalue weighted by molar-refractivity contribution is -0.133. The first-order valence-electron chi connectivity index (χ1n) is 9.11. The quantitative estimate of drug-likeness (QED) is 0.780. The molecule has 1 saturated heterocycles. The normalized spacial score (nSPS) is 16.4. The van der Waals surface area contributed by atoms with Crippen LogP contribution in [0.1, 0.15) is 30.8 Å². The van der Waals surface area contributed by atoms with Gasteiger partial charge in [-0.15, -0.1) is 24.8 Å². The Labute approximate surface area is 173 Å². The molecule has 1 aromatic heterocycles. The number of benzene rings is 1. The first-order chi connectivity index (χ1) is 12.2. The maximum Gasteiger partial charge on any atom is 0.223 e. The number of likely N-dealkylation sites (tertiary alicyclic amines) is 1. The second-order valence-corrected chi connectivity index (χ2v) is 6.79. The molecular formula is C20H29Cl2N3O2. The highest BCUT2D eigenvalue weighted by molar-refractivity contribution is 5.85. The Morgan fingerprint density at radius 3 is 2.74 bits per heavy atom. The van der Waals surface area contributed by atoms with E-state index < -0.39 is 0 Å². The van der Waals surface area contributed by atoms with E-state index in [1.54, 1.807) is 0 Å². The van der Waals surface area contributed by atoms with Crippen LogP contribution in [0.4, 0.5) is 0 Å². The van der Waals surface area contributed by atoms with E-state index in [1.807, 2.05) is 49.2 Å². The van der Waals surface area contributed by atoms with Gasteiger partial charge in [-0.25, -0.2) is 4.98 Å². The van der Waals surface area contributed by atoms with Gasteiger partial charge in [0.05, 0.1) is 5.69 Å². The van der Waals surface area contributed by atoms with Crippen molar-refractivity contribution in [1.29, 1.82) is 0 Å². The summed E-state index contributed by atoms with van der Waals surface area (Å²) in [4.78, 5) is 19.0. The molecule has 0 bridgehead atoms. The average molecular weight is 414 g/mol. The fourth-order valence-corrected chi connectivity index (χ4v) is 3.54. The van der Waals surface area contributed by atoms with Crippen molar-refractivity contribution in [3.63, 3.8) is 0 Å². The third-order valence-electron chi connectivity index (χ3n) is 4.79. The Balaban J connectivity index is 0.00000182. The third kappa shape index (κ3) is 6.23. The molecule has 1 fully saturated rings. The molecule has 1 aliphatic rings. The molecule has 7 heteroatoms. The van der Waals surface area contributed by atoms with E-state index in [1.165, 1.54) is 6.42 Å². The lowest BCUT2D eigenvalue weighted by atomic mass is 9.97. The third-order valence-corrected chi connectivity index (χ3v) is 4.79. The average Bonchev–Trinajstić information content (AvgIpc) is 3.02.